The van der Waals surface area contributed by atoms with Crippen LogP contribution < -0.4 is 0 Å². The highest BCUT2D eigenvalue weighted by molar-refractivity contribution is 7.48. The summed E-state index contributed by atoms with van der Waals surface area (Å²) in [5, 5.41) is 0. The van der Waals surface area contributed by atoms with Gasteiger partial charge in [0.1, 0.15) is 0 Å². The molecule has 0 radical (unpaired) electrons. The third kappa shape index (κ3) is 7.63. The quantitative estimate of drug-likeness (QED) is 0.295. The summed E-state index contributed by atoms with van der Waals surface area (Å²) >= 11 is 0. The number of aryl methyl sites for hydroxylation is 1. The Hall–Kier alpha value is -1.38. The number of benzene rings is 1. The molecule has 0 atom stereocenters. The molecule has 1 saturated carbocycles. The molecule has 0 amide bonds. The average Bonchev–Trinajstić information content (AvgIpc) is 2.58. The van der Waals surface area contributed by atoms with Crippen LogP contribution in [0.25, 0.3) is 5.76 Å². The summed E-state index contributed by atoms with van der Waals surface area (Å²) in [4.78, 5) is 4.59. The van der Waals surface area contributed by atoms with E-state index in [9.17, 15) is 4.57 Å². The second-order valence-corrected chi connectivity index (χ2v) is 9.08. The number of hydrogen-bond donors (Lipinski definition) is 0. The molecule has 27 heavy (non-hydrogen) atoms. The van der Waals surface area contributed by atoms with Crippen LogP contribution >= 0.6 is 7.82 Å². The second-order valence-electron chi connectivity index (χ2n) is 7.58. The van der Waals surface area contributed by atoms with E-state index >= 15 is 0 Å². The van der Waals surface area contributed by atoms with Crippen LogP contribution in [0.4, 0.5) is 0 Å². The highest BCUT2D eigenvalue weighted by Crippen LogP contribution is 2.54. The minimum Gasteiger partial charge on any atom is -0.393 e. The first-order valence-corrected chi connectivity index (χ1v) is 11.3. The Bertz CT molecular complexity index is 703. The van der Waals surface area contributed by atoms with Gasteiger partial charge in [-0.2, -0.15) is 0 Å². The molecule has 1 fully saturated rings. The van der Waals surface area contributed by atoms with Gasteiger partial charge in [-0.25, -0.2) is 9.56 Å². The highest BCUT2D eigenvalue weighted by atomic mass is 31.2. The first-order valence-electron chi connectivity index (χ1n) is 9.83. The van der Waals surface area contributed by atoms with Crippen LogP contribution in [-0.2, 0) is 18.1 Å². The first kappa shape index (κ1) is 21.9. The second kappa shape index (κ2) is 10.2. The largest absolute Gasteiger partial charge is 0.531 e. The van der Waals surface area contributed by atoms with Crippen LogP contribution in [0.3, 0.4) is 0 Å². The van der Waals surface area contributed by atoms with Gasteiger partial charge in [-0.3, -0.25) is 9.05 Å². The van der Waals surface area contributed by atoms with Gasteiger partial charge in [0.25, 0.3) is 0 Å². The molecule has 0 bridgehead atoms. The fourth-order valence-corrected chi connectivity index (χ4v) is 4.52. The Morgan fingerprint density at radius 2 is 1.74 bits per heavy atom. The minimum atomic E-state index is -3.80. The van der Waals surface area contributed by atoms with E-state index in [1.165, 1.54) is 19.3 Å². The van der Waals surface area contributed by atoms with E-state index in [-0.39, 0.29) is 18.2 Å². The van der Waals surface area contributed by atoms with Gasteiger partial charge in [0.2, 0.25) is 0 Å². The maximum atomic E-state index is 13.2. The van der Waals surface area contributed by atoms with Crippen molar-refractivity contribution in [3.8, 4) is 0 Å². The summed E-state index contributed by atoms with van der Waals surface area (Å²) in [6, 6.07) is 8.00. The molecule has 1 aromatic rings. The molecule has 1 aromatic carbocycles. The smallest absolute Gasteiger partial charge is 0.393 e. The summed E-state index contributed by atoms with van der Waals surface area (Å²) < 4.78 is 30.1. The van der Waals surface area contributed by atoms with E-state index in [1.807, 2.05) is 31.2 Å². The van der Waals surface area contributed by atoms with Crippen molar-refractivity contribution in [3.63, 3.8) is 0 Å². The van der Waals surface area contributed by atoms with Gasteiger partial charge in [-0.15, -0.1) is 0 Å². The Balaban J connectivity index is 2.38. The fourth-order valence-electron chi connectivity index (χ4n) is 2.98. The zero-order chi connectivity index (χ0) is 19.9. The van der Waals surface area contributed by atoms with E-state index in [4.69, 9.17) is 13.6 Å². The number of nitrogens with zero attached hydrogens (tertiary/aromatic N) is 1. The van der Waals surface area contributed by atoms with Gasteiger partial charge >= 0.3 is 7.82 Å². The zero-order valence-corrected chi connectivity index (χ0v) is 18.0. The topological polar surface area (TPSA) is 57.1 Å². The van der Waals surface area contributed by atoms with Gasteiger partial charge in [-0.05, 0) is 53.5 Å². The standard InChI is InChI=1S/C21H32NO4P/c1-16(2)24-27(23,25-17(3)4)26-21(19-11-9-10-18(5)14-19)15-22-20-12-7-6-8-13-20/h9-11,14,16-17,20H,6-8,12-13H2,1-5H3. The highest BCUT2D eigenvalue weighted by Gasteiger charge is 2.33. The molecular formula is C21H32NO4P. The Kier molecular flexibility index (Phi) is 8.31. The molecule has 6 heteroatoms. The van der Waals surface area contributed by atoms with Gasteiger partial charge < -0.3 is 4.52 Å². The van der Waals surface area contributed by atoms with Gasteiger partial charge in [0.15, 0.2) is 5.76 Å². The van der Waals surface area contributed by atoms with Crippen LogP contribution in [0.1, 0.15) is 70.9 Å². The summed E-state index contributed by atoms with van der Waals surface area (Å²) in [7, 11) is -3.80. The van der Waals surface area contributed by atoms with Crippen LogP contribution in [0.2, 0.25) is 0 Å². The predicted octanol–water partition coefficient (Wildman–Crippen LogP) is 6.31. The number of hydrogen-bond acceptors (Lipinski definition) is 5. The van der Waals surface area contributed by atoms with Gasteiger partial charge in [0, 0.05) is 11.4 Å². The fraction of sp³-hybridized carbons (Fsp3) is 0.619. The van der Waals surface area contributed by atoms with Crippen LogP contribution in [0.5, 0.6) is 0 Å². The van der Waals surface area contributed by atoms with Crippen molar-refractivity contribution in [2.45, 2.75) is 85.0 Å². The number of rotatable bonds is 8. The van der Waals surface area contributed by atoms with Crippen LogP contribution in [-0.4, -0.2) is 24.1 Å². The average molecular weight is 393 g/mol. The van der Waals surface area contributed by atoms with Crippen molar-refractivity contribution in [1.82, 2.24) is 0 Å². The van der Waals surface area contributed by atoms with E-state index < -0.39 is 7.82 Å². The Morgan fingerprint density at radius 1 is 1.11 bits per heavy atom. The van der Waals surface area contributed by atoms with Crippen molar-refractivity contribution < 1.29 is 18.1 Å². The van der Waals surface area contributed by atoms with Crippen LogP contribution in [0, 0.1) is 6.92 Å². The van der Waals surface area contributed by atoms with Crippen molar-refractivity contribution >= 4 is 19.5 Å². The van der Waals surface area contributed by atoms with Crippen molar-refractivity contribution in [2.75, 3.05) is 0 Å². The summed E-state index contributed by atoms with van der Waals surface area (Å²) in [5.74, 6) is 3.32. The summed E-state index contributed by atoms with van der Waals surface area (Å²) in [6.45, 7) is 9.18. The maximum Gasteiger partial charge on any atom is 0.531 e. The molecule has 0 aliphatic heterocycles. The van der Waals surface area contributed by atoms with Crippen LogP contribution in [0.15, 0.2) is 29.3 Å². The SMILES string of the molecule is Cc1cccc(C(=C=NC2CCCCC2)OP(=O)(OC(C)C)OC(C)C)c1. The third-order valence-corrected chi connectivity index (χ3v) is 5.85. The lowest BCUT2D eigenvalue weighted by atomic mass is 9.96. The zero-order valence-electron chi connectivity index (χ0n) is 17.1. The molecule has 1 aliphatic rings. The number of phosphoric ester groups is 1. The summed E-state index contributed by atoms with van der Waals surface area (Å²) in [5.41, 5.74) is 1.83. The lowest BCUT2D eigenvalue weighted by Crippen LogP contribution is -2.11. The molecule has 150 valence electrons. The molecule has 2 rings (SSSR count). The van der Waals surface area contributed by atoms with Crippen molar-refractivity contribution in [1.29, 1.82) is 0 Å². The van der Waals surface area contributed by atoms with E-state index in [2.05, 4.69) is 10.9 Å². The molecule has 0 aromatic heterocycles. The molecular weight excluding hydrogens is 361 g/mol. The molecule has 0 unspecified atom stereocenters. The number of phosphoric acid groups is 1. The number of aliphatic imine (C=N–C) groups is 1. The molecule has 0 spiro atoms. The molecule has 0 N–H and O–H groups in total. The lowest BCUT2D eigenvalue weighted by molar-refractivity contribution is 0.0979. The molecule has 1 aliphatic carbocycles. The van der Waals surface area contributed by atoms with E-state index in [0.29, 0.717) is 5.76 Å². The van der Waals surface area contributed by atoms with E-state index in [0.717, 1.165) is 24.0 Å². The predicted molar refractivity (Wildman–Crippen MR) is 110 cm³/mol. The molecule has 0 saturated heterocycles. The normalized spacial score (nSPS) is 15.7. The van der Waals surface area contributed by atoms with E-state index in [1.54, 1.807) is 27.7 Å². The Labute approximate surface area is 163 Å². The molecule has 0 heterocycles. The maximum absolute atomic E-state index is 13.2. The first-order chi connectivity index (χ1) is 12.8. The summed E-state index contributed by atoms with van der Waals surface area (Å²) in [6.07, 6.45) is 5.13. The van der Waals surface area contributed by atoms with Crippen molar-refractivity contribution in [3.05, 3.63) is 35.4 Å². The van der Waals surface area contributed by atoms with Crippen molar-refractivity contribution in [2.24, 2.45) is 4.99 Å². The monoisotopic (exact) mass is 393 g/mol. The lowest BCUT2D eigenvalue weighted by Gasteiger charge is -2.23. The Morgan fingerprint density at radius 3 is 2.30 bits per heavy atom. The third-order valence-electron chi connectivity index (χ3n) is 4.09. The molecule has 5 nitrogen and oxygen atoms in total. The van der Waals surface area contributed by atoms with Gasteiger partial charge in [0.05, 0.1) is 18.2 Å². The van der Waals surface area contributed by atoms with Gasteiger partial charge in [-0.1, -0.05) is 43.0 Å². The minimum absolute atomic E-state index is 0.235.